The van der Waals surface area contributed by atoms with Crippen LogP contribution >= 0.6 is 0 Å². The molecule has 31 nitrogen and oxygen atoms in total. The molecular weight excluding hydrogens is 1270 g/mol. The summed E-state index contributed by atoms with van der Waals surface area (Å²) in [6, 6.07) is 0. The van der Waals surface area contributed by atoms with Crippen molar-refractivity contribution in [3.05, 3.63) is 23.8 Å². The molecule has 37 atom stereocenters. The van der Waals surface area contributed by atoms with Crippen molar-refractivity contribution in [3.63, 3.8) is 0 Å². The predicted molar refractivity (Wildman–Crippen MR) is 316 cm³/mol. The molecule has 0 unspecified atom stereocenters. The molecule has 0 aromatic carbocycles. The van der Waals surface area contributed by atoms with E-state index in [1.807, 2.05) is 6.92 Å². The van der Waals surface area contributed by atoms with E-state index in [0.717, 1.165) is 18.4 Å². The summed E-state index contributed by atoms with van der Waals surface area (Å²) in [4.78, 5) is 0. The van der Waals surface area contributed by atoms with E-state index in [2.05, 4.69) is 40.3 Å². The van der Waals surface area contributed by atoms with Gasteiger partial charge < -0.3 is 133 Å². The van der Waals surface area contributed by atoms with Crippen LogP contribution in [-0.2, 0) is 71.4 Å². The first kappa shape index (κ1) is 74.9. The lowest BCUT2D eigenvalue weighted by atomic mass is 9.47. The lowest BCUT2D eigenvalue weighted by Gasteiger charge is -2.60. The molecule has 0 amide bonds. The van der Waals surface area contributed by atoms with E-state index in [4.69, 9.17) is 61.0 Å². The van der Waals surface area contributed by atoms with Gasteiger partial charge in [-0.25, -0.2) is 4.18 Å². The molecule has 6 saturated heterocycles. The smallest absolute Gasteiger partial charge is 0.394 e. The van der Waals surface area contributed by atoms with Crippen LogP contribution in [0.5, 0.6) is 0 Å². The van der Waals surface area contributed by atoms with Crippen LogP contribution in [0.25, 0.3) is 0 Å². The number of aliphatic hydroxyl groups is 15. The van der Waals surface area contributed by atoms with E-state index in [1.54, 1.807) is 0 Å². The summed E-state index contributed by atoms with van der Waals surface area (Å²) in [6.07, 6.45) is -43.3. The number of hydrogen-bond donors (Lipinski definition) is 16. The molecule has 32 heteroatoms. The maximum atomic E-state index is 12.5. The standard InChI is InChI=1S/C62H102O31S/c1-23(2)24(3)12-17-62(9,77)37-11-10-30-29-19-34(32-18-28(93-94(78,79)80)13-15-60(32,7)31(29)14-16-61(30,37)8)86-57-49(76)51(40(67)27(6)84-57)90-58-52(92-55-46(73)43(70)38(65)25(4)83-55)42(69)36(22-82-58)88-59-53(45(72)39(66)26(5)85-59)91-54-48(75)50(33(64)21-81-54)89-56-47(74)44(71)41(68)35(20-63)87-56/h14,23,25-30,32-59,63-77H,3,10-13,15-22H2,1-2,4-9H3,(H,78,79,80)/t25-,26-,27-,28+,29+,30+,32-,33+,34+,35-,36-,37+,38-,39+,40-,41+,42+,43+,44+,45+,46-,47-,48-,49-,50+,51+,52-,53-,54+,55+,56+,57+,58+,59+,60-,61+,62+/m1/s1. The molecule has 0 radical (unpaired) electrons. The first-order chi connectivity index (χ1) is 44.0. The summed E-state index contributed by atoms with van der Waals surface area (Å²) in [7, 11) is -4.88. The molecule has 94 heavy (non-hydrogen) atoms. The molecule has 0 aromatic rings. The average Bonchev–Trinajstić information content (AvgIpc) is 1.34. The van der Waals surface area contributed by atoms with Gasteiger partial charge in [0.25, 0.3) is 0 Å². The zero-order chi connectivity index (χ0) is 68.7. The predicted octanol–water partition coefficient (Wildman–Crippen LogP) is -3.23. The molecule has 9 fully saturated rings. The highest BCUT2D eigenvalue weighted by Crippen LogP contribution is 2.68. The van der Waals surface area contributed by atoms with Crippen molar-refractivity contribution in [1.82, 2.24) is 0 Å². The van der Waals surface area contributed by atoms with Crippen molar-refractivity contribution in [2.24, 2.45) is 40.4 Å². The number of rotatable bonds is 20. The van der Waals surface area contributed by atoms with Gasteiger partial charge in [-0.05, 0) is 126 Å². The van der Waals surface area contributed by atoms with Gasteiger partial charge >= 0.3 is 10.4 Å². The van der Waals surface area contributed by atoms with Crippen molar-refractivity contribution < 1.29 is 151 Å². The van der Waals surface area contributed by atoms with E-state index in [9.17, 15) is 89.6 Å². The molecule has 6 aliphatic heterocycles. The fraction of sp³-hybridized carbons (Fsp3) is 0.935. The third-order valence-corrected chi connectivity index (χ3v) is 23.1. The number of fused-ring (bicyclic) bond motifs is 5. The fourth-order valence-corrected chi connectivity index (χ4v) is 17.3. The highest BCUT2D eigenvalue weighted by Gasteiger charge is 2.64. The van der Waals surface area contributed by atoms with Crippen LogP contribution in [0.3, 0.4) is 0 Å². The van der Waals surface area contributed by atoms with Gasteiger partial charge in [0.05, 0.1) is 55.9 Å². The van der Waals surface area contributed by atoms with Gasteiger partial charge in [0.15, 0.2) is 37.7 Å². The lowest BCUT2D eigenvalue weighted by Crippen LogP contribution is -2.67. The Hall–Kier alpha value is -1.73. The van der Waals surface area contributed by atoms with Crippen molar-refractivity contribution in [2.45, 2.75) is 303 Å². The Morgan fingerprint density at radius 2 is 1.15 bits per heavy atom. The normalized spacial score (nSPS) is 51.6. The molecule has 16 N–H and O–H groups in total. The van der Waals surface area contributed by atoms with Crippen molar-refractivity contribution in [3.8, 4) is 0 Å². The van der Waals surface area contributed by atoms with Crippen LogP contribution in [0, 0.1) is 40.4 Å². The lowest BCUT2D eigenvalue weighted by molar-refractivity contribution is -0.398. The quantitative estimate of drug-likeness (QED) is 0.0421. The Balaban J connectivity index is 0.891. The summed E-state index contributed by atoms with van der Waals surface area (Å²) in [5, 5.41) is 168. The Morgan fingerprint density at radius 1 is 0.606 bits per heavy atom. The Labute approximate surface area is 546 Å². The van der Waals surface area contributed by atoms with E-state index in [1.165, 1.54) is 26.3 Å². The number of hydrogen-bond acceptors (Lipinski definition) is 30. The Bertz CT molecular complexity index is 2690. The van der Waals surface area contributed by atoms with Crippen LogP contribution in [0.2, 0.25) is 0 Å². The second kappa shape index (κ2) is 29.3. The summed E-state index contributed by atoms with van der Waals surface area (Å²) < 4.78 is 112. The summed E-state index contributed by atoms with van der Waals surface area (Å²) in [5.41, 5.74) is 0.262. The van der Waals surface area contributed by atoms with E-state index in [0.29, 0.717) is 32.1 Å². The largest absolute Gasteiger partial charge is 0.397 e. The van der Waals surface area contributed by atoms with E-state index in [-0.39, 0.29) is 41.9 Å². The van der Waals surface area contributed by atoms with Crippen molar-refractivity contribution in [2.75, 3.05) is 19.8 Å². The molecule has 10 aliphatic rings. The summed E-state index contributed by atoms with van der Waals surface area (Å²) in [6.45, 7) is 16.8. The fourth-order valence-electron chi connectivity index (χ4n) is 16.8. The topological polar surface area (TPSA) is 478 Å². The Kier molecular flexibility index (Phi) is 23.4. The maximum Gasteiger partial charge on any atom is 0.397 e. The molecule has 542 valence electrons. The van der Waals surface area contributed by atoms with Gasteiger partial charge in [0, 0.05) is 0 Å². The molecule has 0 bridgehead atoms. The molecule has 0 aromatic heterocycles. The monoisotopic (exact) mass is 1370 g/mol. The van der Waals surface area contributed by atoms with Crippen molar-refractivity contribution >= 4 is 10.4 Å². The van der Waals surface area contributed by atoms with Gasteiger partial charge in [-0.2, -0.15) is 8.42 Å². The van der Waals surface area contributed by atoms with Gasteiger partial charge in [-0.3, -0.25) is 4.55 Å². The van der Waals surface area contributed by atoms with Gasteiger partial charge in [-0.15, -0.1) is 0 Å². The van der Waals surface area contributed by atoms with Gasteiger partial charge in [-0.1, -0.05) is 51.5 Å². The first-order valence-corrected chi connectivity index (χ1v) is 34.4. The van der Waals surface area contributed by atoms with Crippen LogP contribution in [-0.4, -0.2) is 299 Å². The first-order valence-electron chi connectivity index (χ1n) is 33.0. The number of aliphatic hydroxyl groups excluding tert-OH is 14. The molecule has 4 aliphatic carbocycles. The molecule has 6 heterocycles. The SMILES string of the molecule is C=C(CC[C@](C)(O)[C@H]1CC[C@H]2[C@@H]3C[C@H](O[C@@H]4O[C@H](C)[C@@H](O)[C@H](O[C@@H]5OC[C@@H](O[C@@H]6O[C@H](C)[C@H](O)[C@H](O)[C@H]6O[C@@H]6OC[C@H](O)[C@H](O[C@@H]7O[C@H](CO)[C@H](O)[C@H](O)[C@H]7O)[C@H]6O)[C@H](O)[C@H]5O[C@@H]5O[C@H](C)[C@@H](O)[C@H](O)[C@H]5O)[C@H]4O)[C@H]4C[C@@H](OS(=O)(=O)O)CC[C@]4(C)C3=CC[C@@]21C)C(C)C. The van der Waals surface area contributed by atoms with Crippen LogP contribution in [0.15, 0.2) is 23.8 Å². The minimum absolute atomic E-state index is 0.0706. The number of ether oxygens (including phenoxy) is 12. The summed E-state index contributed by atoms with van der Waals surface area (Å²) in [5.74, 6) is -0.331. The van der Waals surface area contributed by atoms with E-state index < -0.39 is 231 Å². The second-order valence-electron chi connectivity index (χ2n) is 29.0. The highest BCUT2D eigenvalue weighted by molar-refractivity contribution is 7.80. The zero-order valence-corrected chi connectivity index (χ0v) is 55.0. The van der Waals surface area contributed by atoms with Gasteiger partial charge in [0.1, 0.15) is 116 Å². The third kappa shape index (κ3) is 14.8. The molecule has 10 rings (SSSR count). The van der Waals surface area contributed by atoms with Gasteiger partial charge in [0.2, 0.25) is 0 Å². The van der Waals surface area contributed by atoms with E-state index >= 15 is 0 Å². The highest BCUT2D eigenvalue weighted by atomic mass is 32.3. The minimum atomic E-state index is -4.88. The van der Waals surface area contributed by atoms with Crippen LogP contribution in [0.1, 0.15) is 113 Å². The third-order valence-electron chi connectivity index (χ3n) is 22.6. The molecule has 0 spiro atoms. The minimum Gasteiger partial charge on any atom is -0.394 e. The zero-order valence-electron chi connectivity index (χ0n) is 54.2. The average molecular weight is 1380 g/mol. The van der Waals surface area contributed by atoms with Crippen LogP contribution in [0.4, 0.5) is 0 Å². The van der Waals surface area contributed by atoms with Crippen molar-refractivity contribution in [1.29, 1.82) is 0 Å². The number of allylic oxidation sites excluding steroid dienone is 3. The molecule has 3 saturated carbocycles. The Morgan fingerprint density at radius 3 is 1.80 bits per heavy atom. The summed E-state index contributed by atoms with van der Waals surface area (Å²) >= 11 is 0. The van der Waals surface area contributed by atoms with Crippen LogP contribution < -0.4 is 0 Å². The maximum absolute atomic E-state index is 12.5. The second-order valence-corrected chi connectivity index (χ2v) is 30.1. The molecular formula is C62H102O31S.